The number of nitrogens with zero attached hydrogens (tertiary/aromatic N) is 1. The number of benzene rings is 1. The molecule has 2 nitrogen and oxygen atoms in total. The zero-order chi connectivity index (χ0) is 10.3. The van der Waals surface area contributed by atoms with Crippen molar-refractivity contribution in [1.29, 1.82) is 5.26 Å². The maximum Gasteiger partial charge on any atom is 0.140 e. The fraction of sp³-hybridized carbons (Fsp3) is 0. The molecular formula is C9H4BFN2S. The van der Waals surface area contributed by atoms with Gasteiger partial charge >= 0.3 is 0 Å². The molecule has 14 heavy (non-hydrogen) atoms. The molecule has 0 aliphatic carbocycles. The van der Waals surface area contributed by atoms with Crippen molar-refractivity contribution in [2.75, 3.05) is 5.73 Å². The Kier molecular flexibility index (Phi) is 1.94. The van der Waals surface area contributed by atoms with Crippen LogP contribution >= 0.6 is 11.3 Å². The van der Waals surface area contributed by atoms with E-state index >= 15 is 0 Å². The van der Waals surface area contributed by atoms with Crippen LogP contribution in [-0.4, -0.2) is 7.85 Å². The molecule has 66 valence electrons. The van der Waals surface area contributed by atoms with Gasteiger partial charge in [0.1, 0.15) is 24.7 Å². The molecule has 0 unspecified atom stereocenters. The fourth-order valence-corrected chi connectivity index (χ4v) is 2.22. The molecule has 2 radical (unpaired) electrons. The Morgan fingerprint density at radius 1 is 1.50 bits per heavy atom. The van der Waals surface area contributed by atoms with Crippen molar-refractivity contribution < 1.29 is 4.39 Å². The largest absolute Gasteiger partial charge is 0.389 e. The van der Waals surface area contributed by atoms with Gasteiger partial charge in [0.05, 0.1) is 10.3 Å². The summed E-state index contributed by atoms with van der Waals surface area (Å²) < 4.78 is 13.7. The molecule has 0 bridgehead atoms. The second-order valence-corrected chi connectivity index (χ2v) is 3.88. The monoisotopic (exact) mass is 202 g/mol. The average molecular weight is 202 g/mol. The van der Waals surface area contributed by atoms with E-state index in [1.165, 1.54) is 6.07 Å². The van der Waals surface area contributed by atoms with Crippen molar-refractivity contribution in [3.05, 3.63) is 23.5 Å². The molecular weight excluding hydrogens is 198 g/mol. The summed E-state index contributed by atoms with van der Waals surface area (Å²) in [5, 5.41) is 9.62. The highest BCUT2D eigenvalue weighted by Crippen LogP contribution is 2.33. The van der Waals surface area contributed by atoms with Gasteiger partial charge in [0.2, 0.25) is 0 Å². The number of hydrogen-bond acceptors (Lipinski definition) is 3. The topological polar surface area (TPSA) is 49.8 Å². The van der Waals surface area contributed by atoms with Crippen LogP contribution in [0.1, 0.15) is 5.56 Å². The van der Waals surface area contributed by atoms with Crippen molar-refractivity contribution in [2.24, 2.45) is 0 Å². The number of nitrogens with two attached hydrogens (primary N) is 1. The molecule has 0 aliphatic heterocycles. The molecule has 5 heteroatoms. The highest BCUT2D eigenvalue weighted by Gasteiger charge is 2.12. The standard InChI is InChI=1S/C9H4BFN2S/c10-4-1-5-6(3-12)9(13)14-8(5)7(11)2-4/h1-2H,13H2. The van der Waals surface area contributed by atoms with Crippen LogP contribution in [0.5, 0.6) is 0 Å². The van der Waals surface area contributed by atoms with E-state index in [-0.39, 0.29) is 0 Å². The molecule has 0 aliphatic rings. The van der Waals surface area contributed by atoms with E-state index in [1.807, 2.05) is 6.07 Å². The maximum absolute atomic E-state index is 13.3. The molecule has 0 spiro atoms. The zero-order valence-corrected chi connectivity index (χ0v) is 7.86. The zero-order valence-electron chi connectivity index (χ0n) is 7.04. The van der Waals surface area contributed by atoms with E-state index in [0.717, 1.165) is 11.3 Å². The van der Waals surface area contributed by atoms with Crippen molar-refractivity contribution in [3.63, 3.8) is 0 Å². The molecule has 1 heterocycles. The summed E-state index contributed by atoms with van der Waals surface area (Å²) in [6, 6.07) is 4.72. The van der Waals surface area contributed by atoms with Crippen molar-refractivity contribution in [2.45, 2.75) is 0 Å². The summed E-state index contributed by atoms with van der Waals surface area (Å²) in [5.74, 6) is -0.432. The van der Waals surface area contributed by atoms with Gasteiger partial charge in [-0.15, -0.1) is 11.3 Å². The van der Waals surface area contributed by atoms with Crippen molar-refractivity contribution in [1.82, 2.24) is 0 Å². The van der Waals surface area contributed by atoms with Gasteiger partial charge in [-0.2, -0.15) is 5.26 Å². The maximum atomic E-state index is 13.3. The van der Waals surface area contributed by atoms with Gasteiger partial charge in [-0.25, -0.2) is 4.39 Å². The van der Waals surface area contributed by atoms with Crippen LogP contribution < -0.4 is 11.2 Å². The lowest BCUT2D eigenvalue weighted by molar-refractivity contribution is 0.643. The van der Waals surface area contributed by atoms with Crippen molar-refractivity contribution >= 4 is 39.7 Å². The number of halogens is 1. The Hall–Kier alpha value is -1.54. The first-order valence-corrected chi connectivity index (χ1v) is 4.62. The lowest BCUT2D eigenvalue weighted by Crippen LogP contribution is -2.01. The summed E-state index contributed by atoms with van der Waals surface area (Å²) in [6.45, 7) is 0. The van der Waals surface area contributed by atoms with Gasteiger partial charge in [-0.3, -0.25) is 0 Å². The Bertz CT molecular complexity index is 556. The summed E-state index contributed by atoms with van der Waals surface area (Å²) in [5.41, 5.74) is 6.17. The molecule has 0 saturated carbocycles. The number of thiophene rings is 1. The second kappa shape index (κ2) is 3.00. The lowest BCUT2D eigenvalue weighted by Gasteiger charge is -1.95. The molecule has 2 rings (SSSR count). The summed E-state index contributed by atoms with van der Waals surface area (Å²) in [4.78, 5) is 0. The minimum atomic E-state index is -0.432. The molecule has 2 N–H and O–H groups in total. The Morgan fingerprint density at radius 3 is 2.86 bits per heavy atom. The molecule has 1 aromatic carbocycles. The lowest BCUT2D eigenvalue weighted by atomic mass is 9.94. The Morgan fingerprint density at radius 2 is 2.21 bits per heavy atom. The molecule has 2 aromatic rings. The number of anilines is 1. The van der Waals surface area contributed by atoms with Gasteiger partial charge in [-0.05, 0) is 6.07 Å². The average Bonchev–Trinajstić information content (AvgIpc) is 2.41. The van der Waals surface area contributed by atoms with Gasteiger partial charge in [0, 0.05) is 5.39 Å². The molecule has 0 amide bonds. The summed E-state index contributed by atoms with van der Waals surface area (Å²) in [7, 11) is 5.47. The quantitative estimate of drug-likeness (QED) is 0.654. The van der Waals surface area contributed by atoms with Gasteiger partial charge in [0.15, 0.2) is 0 Å². The third kappa shape index (κ3) is 1.16. The van der Waals surface area contributed by atoms with E-state index < -0.39 is 5.82 Å². The van der Waals surface area contributed by atoms with Crippen LogP contribution in [0.25, 0.3) is 10.1 Å². The minimum absolute atomic E-state index is 0.296. The first kappa shape index (κ1) is 9.04. The Balaban J connectivity index is 2.97. The molecule has 0 saturated heterocycles. The predicted molar refractivity (Wildman–Crippen MR) is 56.3 cm³/mol. The normalized spacial score (nSPS) is 10.3. The summed E-state index contributed by atoms with van der Waals surface area (Å²) in [6.07, 6.45) is 0. The van der Waals surface area contributed by atoms with E-state index in [0.29, 0.717) is 26.1 Å². The summed E-state index contributed by atoms with van der Waals surface area (Å²) >= 11 is 1.06. The predicted octanol–water partition coefficient (Wildman–Crippen LogP) is 1.29. The van der Waals surface area contributed by atoms with E-state index in [9.17, 15) is 4.39 Å². The number of nitrogen functional groups attached to an aromatic ring is 1. The smallest absolute Gasteiger partial charge is 0.140 e. The van der Waals surface area contributed by atoms with Crippen LogP contribution in [0, 0.1) is 17.1 Å². The number of nitriles is 1. The van der Waals surface area contributed by atoms with Gasteiger partial charge < -0.3 is 5.73 Å². The fourth-order valence-electron chi connectivity index (χ4n) is 1.31. The highest BCUT2D eigenvalue weighted by molar-refractivity contribution is 7.23. The van der Waals surface area contributed by atoms with Crippen LogP contribution in [0.4, 0.5) is 9.39 Å². The molecule has 1 aromatic heterocycles. The van der Waals surface area contributed by atoms with E-state index in [4.69, 9.17) is 18.8 Å². The van der Waals surface area contributed by atoms with Crippen LogP contribution in [-0.2, 0) is 0 Å². The molecule has 0 fully saturated rings. The van der Waals surface area contributed by atoms with Crippen LogP contribution in [0.2, 0.25) is 0 Å². The first-order valence-electron chi connectivity index (χ1n) is 3.80. The van der Waals surface area contributed by atoms with Gasteiger partial charge in [0.25, 0.3) is 0 Å². The third-order valence-electron chi connectivity index (χ3n) is 1.91. The SMILES string of the molecule is [B]c1cc(F)c2sc(N)c(C#N)c2c1. The first-order chi connectivity index (χ1) is 6.63. The number of hydrogen-bond donors (Lipinski definition) is 1. The van der Waals surface area contributed by atoms with Crippen LogP contribution in [0.3, 0.4) is 0 Å². The van der Waals surface area contributed by atoms with Crippen molar-refractivity contribution in [3.8, 4) is 6.07 Å². The third-order valence-corrected chi connectivity index (χ3v) is 2.95. The highest BCUT2D eigenvalue weighted by atomic mass is 32.1. The molecule has 0 atom stereocenters. The Labute approximate surface area is 85.2 Å². The van der Waals surface area contributed by atoms with Crippen LogP contribution in [0.15, 0.2) is 12.1 Å². The van der Waals surface area contributed by atoms with E-state index in [1.54, 1.807) is 6.07 Å². The number of rotatable bonds is 0. The van der Waals surface area contributed by atoms with Gasteiger partial charge in [-0.1, -0.05) is 11.5 Å². The second-order valence-electron chi connectivity index (χ2n) is 2.83. The minimum Gasteiger partial charge on any atom is -0.389 e. The number of fused-ring (bicyclic) bond motifs is 1. The van der Waals surface area contributed by atoms with E-state index in [2.05, 4.69) is 0 Å².